The van der Waals surface area contributed by atoms with E-state index in [4.69, 9.17) is 11.6 Å². The van der Waals surface area contributed by atoms with Crippen LogP contribution in [0.5, 0.6) is 0 Å². The number of hydrogen-bond acceptors (Lipinski definition) is 4. The van der Waals surface area contributed by atoms with Crippen molar-refractivity contribution in [2.24, 2.45) is 0 Å². The van der Waals surface area contributed by atoms with Gasteiger partial charge in [-0.15, -0.1) is 5.10 Å². The van der Waals surface area contributed by atoms with E-state index >= 15 is 0 Å². The lowest BCUT2D eigenvalue weighted by Crippen LogP contribution is -2.49. The van der Waals surface area contributed by atoms with Crippen LogP contribution in [0.4, 0.5) is 5.82 Å². The highest BCUT2D eigenvalue weighted by atomic mass is 35.5. The van der Waals surface area contributed by atoms with Gasteiger partial charge in [-0.05, 0) is 55.0 Å². The Balaban J connectivity index is 1.29. The number of amides is 1. The number of piperazine rings is 1. The summed E-state index contributed by atoms with van der Waals surface area (Å²) in [5.41, 5.74) is 3.61. The lowest BCUT2D eigenvalue weighted by Gasteiger charge is -2.35. The van der Waals surface area contributed by atoms with Crippen molar-refractivity contribution in [2.45, 2.75) is 32.1 Å². The van der Waals surface area contributed by atoms with E-state index in [9.17, 15) is 4.79 Å². The van der Waals surface area contributed by atoms with Crippen molar-refractivity contribution in [1.29, 1.82) is 0 Å². The zero-order chi connectivity index (χ0) is 17.9. The number of carbonyl (C=O) groups is 1. The average molecular weight is 371 g/mol. The zero-order valence-electron chi connectivity index (χ0n) is 14.8. The van der Waals surface area contributed by atoms with Crippen LogP contribution in [0.3, 0.4) is 0 Å². The van der Waals surface area contributed by atoms with Crippen molar-refractivity contribution in [3.05, 3.63) is 52.2 Å². The number of hydrogen-bond donors (Lipinski definition) is 0. The van der Waals surface area contributed by atoms with E-state index in [1.807, 2.05) is 29.2 Å². The molecule has 1 amide bonds. The molecule has 5 nitrogen and oxygen atoms in total. The molecule has 1 aliphatic heterocycles. The molecule has 26 heavy (non-hydrogen) atoms. The number of aromatic nitrogens is 2. The molecule has 1 aromatic carbocycles. The Morgan fingerprint density at radius 1 is 1.08 bits per heavy atom. The molecule has 1 aromatic heterocycles. The maximum absolute atomic E-state index is 12.5. The van der Waals surface area contributed by atoms with Crippen molar-refractivity contribution in [3.8, 4) is 0 Å². The highest BCUT2D eigenvalue weighted by Gasteiger charge is 2.23. The molecule has 6 heteroatoms. The van der Waals surface area contributed by atoms with Gasteiger partial charge >= 0.3 is 0 Å². The fraction of sp³-hybridized carbons (Fsp3) is 0.450. The second-order valence-corrected chi connectivity index (χ2v) is 7.46. The van der Waals surface area contributed by atoms with Crippen molar-refractivity contribution >= 4 is 23.3 Å². The minimum Gasteiger partial charge on any atom is -0.352 e. The molecule has 1 fully saturated rings. The van der Waals surface area contributed by atoms with Crippen LogP contribution in [-0.2, 0) is 24.1 Å². The van der Waals surface area contributed by atoms with E-state index in [1.54, 1.807) is 0 Å². The van der Waals surface area contributed by atoms with Gasteiger partial charge in [0.2, 0.25) is 5.91 Å². The Hall–Kier alpha value is -2.14. The normalized spacial score (nSPS) is 16.7. The fourth-order valence-corrected chi connectivity index (χ4v) is 3.97. The number of fused-ring (bicyclic) bond motifs is 1. The Bertz CT molecular complexity index is 802. The largest absolute Gasteiger partial charge is 0.352 e. The number of rotatable bonds is 4. The summed E-state index contributed by atoms with van der Waals surface area (Å²) >= 11 is 6.01. The summed E-state index contributed by atoms with van der Waals surface area (Å²) in [6, 6.07) is 9.92. The molecule has 1 aliphatic carbocycles. The Morgan fingerprint density at radius 3 is 2.73 bits per heavy atom. The molecule has 0 unspecified atom stereocenters. The van der Waals surface area contributed by atoms with Gasteiger partial charge < -0.3 is 9.80 Å². The first-order chi connectivity index (χ1) is 12.7. The maximum Gasteiger partial charge on any atom is 0.223 e. The van der Waals surface area contributed by atoms with E-state index in [0.29, 0.717) is 6.42 Å². The molecule has 1 saturated heterocycles. The van der Waals surface area contributed by atoms with Crippen molar-refractivity contribution in [1.82, 2.24) is 15.1 Å². The summed E-state index contributed by atoms with van der Waals surface area (Å²) < 4.78 is 0. The summed E-state index contributed by atoms with van der Waals surface area (Å²) in [7, 11) is 0. The SMILES string of the molecule is O=C(CCc1cccc(Cl)c1)N1CCN(c2cc3c(nn2)CCC3)CC1. The molecular formula is C20H23ClN4O. The van der Waals surface area contributed by atoms with E-state index < -0.39 is 0 Å². The summed E-state index contributed by atoms with van der Waals surface area (Å²) in [6.45, 7) is 3.12. The molecule has 2 aromatic rings. The lowest BCUT2D eigenvalue weighted by molar-refractivity contribution is -0.131. The molecule has 0 N–H and O–H groups in total. The second kappa shape index (κ2) is 7.62. The minimum absolute atomic E-state index is 0.213. The van der Waals surface area contributed by atoms with Crippen LogP contribution in [0.25, 0.3) is 0 Å². The first-order valence-corrected chi connectivity index (χ1v) is 9.69. The van der Waals surface area contributed by atoms with Gasteiger partial charge in [-0.25, -0.2) is 0 Å². The van der Waals surface area contributed by atoms with Crippen LogP contribution in [-0.4, -0.2) is 47.2 Å². The van der Waals surface area contributed by atoms with Gasteiger partial charge in [0.25, 0.3) is 0 Å². The molecule has 0 bridgehead atoms. The van der Waals surface area contributed by atoms with E-state index in [-0.39, 0.29) is 5.91 Å². The van der Waals surface area contributed by atoms with Gasteiger partial charge in [-0.1, -0.05) is 23.7 Å². The first kappa shape index (κ1) is 17.3. The smallest absolute Gasteiger partial charge is 0.223 e. The predicted molar refractivity (Wildman–Crippen MR) is 103 cm³/mol. The summed E-state index contributed by atoms with van der Waals surface area (Å²) in [6.07, 6.45) is 4.61. The number of nitrogens with zero attached hydrogens (tertiary/aromatic N) is 4. The first-order valence-electron chi connectivity index (χ1n) is 9.32. The predicted octanol–water partition coefficient (Wildman–Crippen LogP) is 2.90. The van der Waals surface area contributed by atoms with E-state index in [2.05, 4.69) is 21.2 Å². The topological polar surface area (TPSA) is 49.3 Å². The maximum atomic E-state index is 12.5. The summed E-state index contributed by atoms with van der Waals surface area (Å²) in [4.78, 5) is 16.7. The zero-order valence-corrected chi connectivity index (χ0v) is 15.6. The van der Waals surface area contributed by atoms with Crippen LogP contribution in [0.1, 0.15) is 29.7 Å². The summed E-state index contributed by atoms with van der Waals surface area (Å²) in [5.74, 6) is 1.17. The Morgan fingerprint density at radius 2 is 1.92 bits per heavy atom. The van der Waals surface area contributed by atoms with Crippen LogP contribution in [0.2, 0.25) is 5.02 Å². The molecule has 136 valence electrons. The van der Waals surface area contributed by atoms with Gasteiger partial charge in [-0.3, -0.25) is 4.79 Å². The number of anilines is 1. The van der Waals surface area contributed by atoms with Gasteiger partial charge in [0.1, 0.15) is 0 Å². The van der Waals surface area contributed by atoms with Crippen LogP contribution in [0, 0.1) is 0 Å². The molecule has 0 atom stereocenters. The van der Waals surface area contributed by atoms with Crippen LogP contribution >= 0.6 is 11.6 Å². The fourth-order valence-electron chi connectivity index (χ4n) is 3.76. The molecule has 0 radical (unpaired) electrons. The number of halogens is 1. The van der Waals surface area contributed by atoms with Gasteiger partial charge in [0.05, 0.1) is 5.69 Å². The number of carbonyl (C=O) groups excluding carboxylic acids is 1. The third kappa shape index (κ3) is 3.83. The Kier molecular flexibility index (Phi) is 5.07. The van der Waals surface area contributed by atoms with Gasteiger partial charge in [0.15, 0.2) is 5.82 Å². The third-order valence-corrected chi connectivity index (χ3v) is 5.51. The molecule has 0 saturated carbocycles. The minimum atomic E-state index is 0.213. The van der Waals surface area contributed by atoms with Crippen LogP contribution in [0.15, 0.2) is 30.3 Å². The summed E-state index contributed by atoms with van der Waals surface area (Å²) in [5, 5.41) is 9.49. The highest BCUT2D eigenvalue weighted by Crippen LogP contribution is 2.23. The number of benzene rings is 1. The highest BCUT2D eigenvalue weighted by molar-refractivity contribution is 6.30. The van der Waals surface area contributed by atoms with Gasteiger partial charge in [0, 0.05) is 37.6 Å². The van der Waals surface area contributed by atoms with Gasteiger partial charge in [-0.2, -0.15) is 5.10 Å². The van der Waals surface area contributed by atoms with Crippen LogP contribution < -0.4 is 4.90 Å². The van der Waals surface area contributed by atoms with E-state index in [1.165, 1.54) is 12.0 Å². The molecular weight excluding hydrogens is 348 g/mol. The molecule has 2 heterocycles. The van der Waals surface area contributed by atoms with Crippen molar-refractivity contribution < 1.29 is 4.79 Å². The average Bonchev–Trinajstić information content (AvgIpc) is 3.14. The standard InChI is InChI=1S/C20H23ClN4O/c21-17-5-1-3-15(13-17)7-8-20(26)25-11-9-24(10-12-25)19-14-16-4-2-6-18(16)22-23-19/h1,3,5,13-14H,2,4,6-12H2. The van der Waals surface area contributed by atoms with E-state index in [0.717, 1.165) is 67.5 Å². The number of aryl methyl sites for hydroxylation is 3. The van der Waals surface area contributed by atoms with Crippen molar-refractivity contribution in [2.75, 3.05) is 31.1 Å². The Labute approximate surface area is 159 Å². The quantitative estimate of drug-likeness (QED) is 0.830. The lowest BCUT2D eigenvalue weighted by atomic mass is 10.1. The molecule has 4 rings (SSSR count). The van der Waals surface area contributed by atoms with Crippen molar-refractivity contribution in [3.63, 3.8) is 0 Å². The monoisotopic (exact) mass is 370 g/mol. The molecule has 0 spiro atoms. The third-order valence-electron chi connectivity index (χ3n) is 5.28. The molecule has 2 aliphatic rings. The second-order valence-electron chi connectivity index (χ2n) is 7.03.